The highest BCUT2D eigenvalue weighted by Gasteiger charge is 2.20. The van der Waals surface area contributed by atoms with Crippen LogP contribution in [0.5, 0.6) is 0 Å². The Balaban J connectivity index is 1.68. The number of nitrogens with one attached hydrogen (secondary N) is 1. The Bertz CT molecular complexity index is 762. The minimum absolute atomic E-state index is 0.0463. The average Bonchev–Trinajstić information content (AvgIpc) is 3.04. The van der Waals surface area contributed by atoms with E-state index in [4.69, 9.17) is 9.63 Å². The molecule has 0 unspecified atom stereocenters. The van der Waals surface area contributed by atoms with Gasteiger partial charge in [0.1, 0.15) is 0 Å². The van der Waals surface area contributed by atoms with E-state index in [0.29, 0.717) is 43.9 Å². The number of carbonyl (C=O) groups is 2. The van der Waals surface area contributed by atoms with Gasteiger partial charge in [-0.1, -0.05) is 38.1 Å². The molecule has 0 fully saturated rings. The first-order valence-corrected chi connectivity index (χ1v) is 8.67. The Labute approximate surface area is 152 Å². The topological polar surface area (TPSA) is 105 Å². The average molecular weight is 359 g/mol. The number of rotatable bonds is 8. The molecule has 26 heavy (non-hydrogen) atoms. The van der Waals surface area contributed by atoms with Crippen molar-refractivity contribution < 1.29 is 19.2 Å². The third-order valence-corrected chi connectivity index (χ3v) is 3.84. The van der Waals surface area contributed by atoms with Crippen molar-refractivity contribution in [2.45, 2.75) is 51.9 Å². The molecule has 0 aliphatic heterocycles. The molecule has 0 spiro atoms. The van der Waals surface area contributed by atoms with Crippen LogP contribution in [-0.4, -0.2) is 33.7 Å². The number of carboxylic acids is 1. The molecule has 1 heterocycles. The lowest BCUT2D eigenvalue weighted by atomic mass is 9.96. The van der Waals surface area contributed by atoms with Crippen LogP contribution in [0, 0.1) is 0 Å². The molecule has 0 saturated heterocycles. The van der Waals surface area contributed by atoms with Crippen LogP contribution in [0.4, 0.5) is 0 Å². The first-order chi connectivity index (χ1) is 12.3. The van der Waals surface area contributed by atoms with E-state index in [1.807, 2.05) is 26.8 Å². The minimum Gasteiger partial charge on any atom is -0.478 e. The lowest BCUT2D eigenvalue weighted by molar-refractivity contribution is -0.121. The SMILES string of the molecule is CC(C)(C)c1noc(CCCC(=O)NCCc2cccc(C(=O)O)c2)n1. The van der Waals surface area contributed by atoms with Gasteiger partial charge in [-0.25, -0.2) is 4.79 Å². The number of amides is 1. The van der Waals surface area contributed by atoms with Crippen molar-refractivity contribution in [3.8, 4) is 0 Å². The third-order valence-electron chi connectivity index (χ3n) is 3.84. The largest absolute Gasteiger partial charge is 0.478 e. The first kappa shape index (κ1) is 19.6. The molecule has 1 aromatic heterocycles. The maximum Gasteiger partial charge on any atom is 0.335 e. The van der Waals surface area contributed by atoms with E-state index in [1.165, 1.54) is 0 Å². The van der Waals surface area contributed by atoms with Crippen molar-refractivity contribution >= 4 is 11.9 Å². The summed E-state index contributed by atoms with van der Waals surface area (Å²) in [6.07, 6.45) is 2.16. The number of nitrogens with zero attached hydrogens (tertiary/aromatic N) is 2. The van der Waals surface area contributed by atoms with Crippen molar-refractivity contribution in [3.63, 3.8) is 0 Å². The van der Waals surface area contributed by atoms with Crippen LogP contribution in [0.15, 0.2) is 28.8 Å². The van der Waals surface area contributed by atoms with Gasteiger partial charge in [-0.2, -0.15) is 4.98 Å². The van der Waals surface area contributed by atoms with Crippen molar-refractivity contribution in [2.75, 3.05) is 6.54 Å². The molecule has 140 valence electrons. The zero-order chi connectivity index (χ0) is 19.2. The summed E-state index contributed by atoms with van der Waals surface area (Å²) in [5.74, 6) is 0.218. The molecule has 0 aliphatic carbocycles. The molecular weight excluding hydrogens is 334 g/mol. The number of aromatic nitrogens is 2. The Morgan fingerprint density at radius 1 is 1.23 bits per heavy atom. The third kappa shape index (κ3) is 5.98. The number of hydrogen-bond acceptors (Lipinski definition) is 5. The van der Waals surface area contributed by atoms with Gasteiger partial charge in [-0.15, -0.1) is 0 Å². The molecule has 0 radical (unpaired) electrons. The zero-order valence-corrected chi connectivity index (χ0v) is 15.4. The van der Waals surface area contributed by atoms with Gasteiger partial charge in [-0.3, -0.25) is 4.79 Å². The second kappa shape index (κ2) is 8.60. The number of carboxylic acid groups (broad SMARTS) is 1. The number of aryl methyl sites for hydroxylation is 1. The second-order valence-electron chi connectivity index (χ2n) is 7.22. The molecule has 0 bridgehead atoms. The zero-order valence-electron chi connectivity index (χ0n) is 15.4. The van der Waals surface area contributed by atoms with Crippen LogP contribution in [0.3, 0.4) is 0 Å². The number of carbonyl (C=O) groups excluding carboxylic acids is 1. The van der Waals surface area contributed by atoms with Crippen molar-refractivity contribution in [3.05, 3.63) is 47.1 Å². The molecule has 7 nitrogen and oxygen atoms in total. The van der Waals surface area contributed by atoms with E-state index in [9.17, 15) is 9.59 Å². The fraction of sp³-hybridized carbons (Fsp3) is 0.474. The Morgan fingerprint density at radius 2 is 2.00 bits per heavy atom. The van der Waals surface area contributed by atoms with E-state index >= 15 is 0 Å². The number of aromatic carboxylic acids is 1. The van der Waals surface area contributed by atoms with E-state index in [2.05, 4.69) is 15.5 Å². The van der Waals surface area contributed by atoms with Crippen LogP contribution in [-0.2, 0) is 23.1 Å². The summed E-state index contributed by atoms with van der Waals surface area (Å²) in [5, 5.41) is 15.8. The minimum atomic E-state index is -0.952. The Morgan fingerprint density at radius 3 is 2.65 bits per heavy atom. The molecule has 0 saturated carbocycles. The Hall–Kier alpha value is -2.70. The van der Waals surface area contributed by atoms with Crippen LogP contribution in [0.2, 0.25) is 0 Å². The monoisotopic (exact) mass is 359 g/mol. The lowest BCUT2D eigenvalue weighted by Crippen LogP contribution is -2.25. The molecule has 2 aromatic rings. The molecule has 1 aromatic carbocycles. The van der Waals surface area contributed by atoms with E-state index < -0.39 is 5.97 Å². The van der Waals surface area contributed by atoms with Gasteiger partial charge in [-0.05, 0) is 30.5 Å². The maximum absolute atomic E-state index is 11.9. The summed E-state index contributed by atoms with van der Waals surface area (Å²) >= 11 is 0. The predicted molar refractivity (Wildman–Crippen MR) is 96.1 cm³/mol. The fourth-order valence-corrected chi connectivity index (χ4v) is 2.36. The summed E-state index contributed by atoms with van der Waals surface area (Å²) < 4.78 is 5.20. The molecule has 0 atom stereocenters. The molecular formula is C19H25N3O4. The summed E-state index contributed by atoms with van der Waals surface area (Å²) in [6.45, 7) is 6.51. The van der Waals surface area contributed by atoms with Gasteiger partial charge < -0.3 is 14.9 Å². The predicted octanol–water partition coefficient (Wildman–Crippen LogP) is 2.75. The normalized spacial score (nSPS) is 11.3. The quantitative estimate of drug-likeness (QED) is 0.751. The summed E-state index contributed by atoms with van der Waals surface area (Å²) in [7, 11) is 0. The first-order valence-electron chi connectivity index (χ1n) is 8.67. The highest BCUT2D eigenvalue weighted by molar-refractivity contribution is 5.87. The van der Waals surface area contributed by atoms with Crippen LogP contribution in [0.1, 0.15) is 61.2 Å². The molecule has 7 heteroatoms. The number of benzene rings is 1. The van der Waals surface area contributed by atoms with Crippen LogP contribution in [0.25, 0.3) is 0 Å². The number of hydrogen-bond donors (Lipinski definition) is 2. The van der Waals surface area contributed by atoms with E-state index in [1.54, 1.807) is 18.2 Å². The molecule has 2 rings (SSSR count). The van der Waals surface area contributed by atoms with Gasteiger partial charge in [0, 0.05) is 24.8 Å². The maximum atomic E-state index is 11.9. The summed E-state index contributed by atoms with van der Waals surface area (Å²) in [5.41, 5.74) is 0.977. The van der Waals surface area contributed by atoms with Gasteiger partial charge in [0.25, 0.3) is 0 Å². The van der Waals surface area contributed by atoms with Gasteiger partial charge in [0.15, 0.2) is 5.82 Å². The highest BCUT2D eigenvalue weighted by atomic mass is 16.5. The standard InChI is InChI=1S/C19H25N3O4/c1-19(2,3)18-21-16(26-22-18)9-5-8-15(23)20-11-10-13-6-4-7-14(12-13)17(24)25/h4,6-7,12H,5,8-11H2,1-3H3,(H,20,23)(H,24,25). The van der Waals surface area contributed by atoms with Crippen LogP contribution >= 0.6 is 0 Å². The molecule has 1 amide bonds. The van der Waals surface area contributed by atoms with Crippen molar-refractivity contribution in [2.24, 2.45) is 0 Å². The molecule has 2 N–H and O–H groups in total. The smallest absolute Gasteiger partial charge is 0.335 e. The Kier molecular flexibility index (Phi) is 6.49. The molecule has 0 aliphatic rings. The van der Waals surface area contributed by atoms with E-state index in [-0.39, 0.29) is 16.9 Å². The van der Waals surface area contributed by atoms with Gasteiger partial charge in [0.2, 0.25) is 11.8 Å². The summed E-state index contributed by atoms with van der Waals surface area (Å²) in [6, 6.07) is 6.72. The fourth-order valence-electron chi connectivity index (χ4n) is 2.36. The van der Waals surface area contributed by atoms with E-state index in [0.717, 1.165) is 5.56 Å². The van der Waals surface area contributed by atoms with Crippen molar-refractivity contribution in [1.29, 1.82) is 0 Å². The summed E-state index contributed by atoms with van der Waals surface area (Å²) in [4.78, 5) is 27.2. The van der Waals surface area contributed by atoms with Gasteiger partial charge in [0.05, 0.1) is 5.56 Å². The van der Waals surface area contributed by atoms with Crippen molar-refractivity contribution in [1.82, 2.24) is 15.5 Å². The van der Waals surface area contributed by atoms with Gasteiger partial charge >= 0.3 is 5.97 Å². The second-order valence-corrected chi connectivity index (χ2v) is 7.22. The lowest BCUT2D eigenvalue weighted by Gasteiger charge is -2.10. The van der Waals surface area contributed by atoms with Crippen LogP contribution < -0.4 is 5.32 Å². The highest BCUT2D eigenvalue weighted by Crippen LogP contribution is 2.18.